The molecule has 1 unspecified atom stereocenters. The molecule has 0 N–H and O–H groups in total. The number of rotatable bonds is 2. The summed E-state index contributed by atoms with van der Waals surface area (Å²) in [6.07, 6.45) is 4.15. The van der Waals surface area contributed by atoms with Gasteiger partial charge in [-0.05, 0) is 31.7 Å². The van der Waals surface area contributed by atoms with Gasteiger partial charge in [0.15, 0.2) is 0 Å². The zero-order chi connectivity index (χ0) is 11.5. The molecule has 1 aromatic heterocycles. The van der Waals surface area contributed by atoms with E-state index in [1.807, 2.05) is 13.1 Å². The summed E-state index contributed by atoms with van der Waals surface area (Å²) in [5.74, 6) is 1.42. The molecule has 0 radical (unpaired) electrons. The molecule has 3 nitrogen and oxygen atoms in total. The molecule has 2 rings (SSSR count). The third kappa shape index (κ3) is 2.23. The van der Waals surface area contributed by atoms with Crippen molar-refractivity contribution in [2.75, 3.05) is 13.7 Å². The van der Waals surface area contributed by atoms with Crippen LogP contribution >= 0.6 is 0 Å². The van der Waals surface area contributed by atoms with Gasteiger partial charge in [-0.25, -0.2) is 4.98 Å². The van der Waals surface area contributed by atoms with Gasteiger partial charge in [-0.15, -0.1) is 0 Å². The van der Waals surface area contributed by atoms with Crippen LogP contribution in [0.5, 0.6) is 5.88 Å². The first kappa shape index (κ1) is 11.1. The molecule has 0 aliphatic carbocycles. The van der Waals surface area contributed by atoms with Gasteiger partial charge in [0.05, 0.1) is 7.11 Å². The molecular weight excluding hydrogens is 200 g/mol. The minimum Gasteiger partial charge on any atom is -0.481 e. The second-order valence-corrected chi connectivity index (χ2v) is 4.48. The number of aromatic nitrogens is 1. The summed E-state index contributed by atoms with van der Waals surface area (Å²) in [7, 11) is 1.65. The lowest BCUT2D eigenvalue weighted by Crippen LogP contribution is -2.14. The summed E-state index contributed by atoms with van der Waals surface area (Å²) in [6.45, 7) is 5.21. The van der Waals surface area contributed by atoms with Crippen LogP contribution in [0, 0.1) is 12.8 Å². The Labute approximate surface area is 96.6 Å². The lowest BCUT2D eigenvalue weighted by molar-refractivity contribution is 0.394. The molecule has 0 saturated carbocycles. The van der Waals surface area contributed by atoms with E-state index in [0.717, 1.165) is 30.0 Å². The van der Waals surface area contributed by atoms with Gasteiger partial charge in [0.1, 0.15) is 0 Å². The normalized spacial score (nSPS) is 20.4. The maximum absolute atomic E-state index is 5.15. The van der Waals surface area contributed by atoms with Crippen LogP contribution in [-0.4, -0.2) is 24.4 Å². The lowest BCUT2D eigenvalue weighted by atomic mass is 9.96. The van der Waals surface area contributed by atoms with Crippen molar-refractivity contribution in [3.05, 3.63) is 23.4 Å². The van der Waals surface area contributed by atoms with Crippen LogP contribution in [0.25, 0.3) is 0 Å². The second-order valence-electron chi connectivity index (χ2n) is 4.48. The molecule has 0 bridgehead atoms. The number of pyridine rings is 1. The largest absolute Gasteiger partial charge is 0.481 e. The van der Waals surface area contributed by atoms with Crippen molar-refractivity contribution in [2.24, 2.45) is 10.9 Å². The quantitative estimate of drug-likeness (QED) is 0.764. The maximum Gasteiger partial charge on any atom is 0.215 e. The van der Waals surface area contributed by atoms with E-state index >= 15 is 0 Å². The number of hydrogen-bond donors (Lipinski definition) is 0. The number of methoxy groups -OCH3 is 1. The Hall–Kier alpha value is -1.38. The first-order chi connectivity index (χ1) is 7.70. The molecule has 16 heavy (non-hydrogen) atoms. The Morgan fingerprint density at radius 2 is 2.25 bits per heavy atom. The molecule has 86 valence electrons. The summed E-state index contributed by atoms with van der Waals surface area (Å²) >= 11 is 0. The van der Waals surface area contributed by atoms with E-state index in [4.69, 9.17) is 4.74 Å². The highest BCUT2D eigenvalue weighted by atomic mass is 16.5. The molecule has 0 aromatic carbocycles. The number of ether oxygens (including phenoxy) is 1. The molecule has 0 amide bonds. The highest BCUT2D eigenvalue weighted by molar-refractivity contribution is 6.00. The van der Waals surface area contributed by atoms with E-state index in [1.54, 1.807) is 7.11 Å². The molecule has 0 fully saturated rings. The molecule has 1 atom stereocenters. The van der Waals surface area contributed by atoms with Gasteiger partial charge in [0.25, 0.3) is 0 Å². The number of nitrogens with zero attached hydrogens (tertiary/aromatic N) is 2. The third-order valence-corrected chi connectivity index (χ3v) is 3.02. The Morgan fingerprint density at radius 1 is 1.44 bits per heavy atom. The monoisotopic (exact) mass is 218 g/mol. The zero-order valence-electron chi connectivity index (χ0n) is 10.2. The van der Waals surface area contributed by atoms with Gasteiger partial charge < -0.3 is 4.74 Å². The van der Waals surface area contributed by atoms with Crippen molar-refractivity contribution in [1.29, 1.82) is 0 Å². The van der Waals surface area contributed by atoms with E-state index in [-0.39, 0.29) is 0 Å². The Kier molecular flexibility index (Phi) is 3.22. The summed E-state index contributed by atoms with van der Waals surface area (Å²) in [6, 6.07) is 2.11. The molecule has 0 saturated heterocycles. The summed E-state index contributed by atoms with van der Waals surface area (Å²) in [5, 5.41) is 0. The Morgan fingerprint density at radius 3 is 2.81 bits per heavy atom. The highest BCUT2D eigenvalue weighted by Gasteiger charge is 2.14. The highest BCUT2D eigenvalue weighted by Crippen LogP contribution is 2.20. The van der Waals surface area contributed by atoms with Crippen molar-refractivity contribution < 1.29 is 4.74 Å². The van der Waals surface area contributed by atoms with Crippen molar-refractivity contribution >= 4 is 5.71 Å². The molecule has 2 heterocycles. The molecule has 1 aliphatic rings. The fourth-order valence-electron chi connectivity index (χ4n) is 1.99. The SMILES string of the molecule is COc1ncc(C2=NCC(C)CC2)cc1C. The Balaban J connectivity index is 2.25. The summed E-state index contributed by atoms with van der Waals surface area (Å²) in [4.78, 5) is 8.90. The van der Waals surface area contributed by atoms with Gasteiger partial charge >= 0.3 is 0 Å². The average Bonchev–Trinajstić information content (AvgIpc) is 2.30. The fraction of sp³-hybridized carbons (Fsp3) is 0.538. The van der Waals surface area contributed by atoms with Gasteiger partial charge in [-0.2, -0.15) is 0 Å². The van der Waals surface area contributed by atoms with E-state index in [9.17, 15) is 0 Å². The molecule has 0 spiro atoms. The average molecular weight is 218 g/mol. The minimum atomic E-state index is 0.702. The Bertz CT molecular complexity index is 412. The van der Waals surface area contributed by atoms with E-state index in [1.165, 1.54) is 12.1 Å². The molecule has 1 aliphatic heterocycles. The van der Waals surface area contributed by atoms with Gasteiger partial charge in [-0.3, -0.25) is 4.99 Å². The van der Waals surface area contributed by atoms with Crippen LogP contribution in [0.3, 0.4) is 0 Å². The van der Waals surface area contributed by atoms with Crippen LogP contribution in [0.15, 0.2) is 17.3 Å². The van der Waals surface area contributed by atoms with E-state index < -0.39 is 0 Å². The van der Waals surface area contributed by atoms with Crippen molar-refractivity contribution in [2.45, 2.75) is 26.7 Å². The van der Waals surface area contributed by atoms with E-state index in [2.05, 4.69) is 23.0 Å². The predicted octanol–water partition coefficient (Wildman–Crippen LogP) is 2.62. The van der Waals surface area contributed by atoms with E-state index in [0.29, 0.717) is 5.88 Å². The third-order valence-electron chi connectivity index (χ3n) is 3.02. The first-order valence-corrected chi connectivity index (χ1v) is 5.75. The number of hydrogen-bond acceptors (Lipinski definition) is 3. The van der Waals surface area contributed by atoms with Gasteiger partial charge in [-0.1, -0.05) is 6.92 Å². The number of aliphatic imine (C=N–C) groups is 1. The van der Waals surface area contributed by atoms with Gasteiger partial charge in [0, 0.05) is 29.6 Å². The van der Waals surface area contributed by atoms with Crippen LogP contribution < -0.4 is 4.74 Å². The standard InChI is InChI=1S/C13H18N2O/c1-9-4-5-12(14-7-9)11-6-10(2)13(16-3)15-8-11/h6,8-9H,4-5,7H2,1-3H3. The van der Waals surface area contributed by atoms with Crippen LogP contribution in [0.1, 0.15) is 30.9 Å². The maximum atomic E-state index is 5.15. The van der Waals surface area contributed by atoms with Crippen LogP contribution in [-0.2, 0) is 0 Å². The molecule has 3 heteroatoms. The van der Waals surface area contributed by atoms with Gasteiger partial charge in [0.2, 0.25) is 5.88 Å². The lowest BCUT2D eigenvalue weighted by Gasteiger charge is -2.17. The molecular formula is C13H18N2O. The summed E-state index contributed by atoms with van der Waals surface area (Å²) in [5.41, 5.74) is 3.41. The smallest absolute Gasteiger partial charge is 0.215 e. The van der Waals surface area contributed by atoms with Crippen molar-refractivity contribution in [1.82, 2.24) is 4.98 Å². The second kappa shape index (κ2) is 4.64. The van der Waals surface area contributed by atoms with Crippen LogP contribution in [0.4, 0.5) is 0 Å². The summed E-state index contributed by atoms with van der Waals surface area (Å²) < 4.78 is 5.15. The number of aryl methyl sites for hydroxylation is 1. The zero-order valence-corrected chi connectivity index (χ0v) is 10.2. The molecule has 1 aromatic rings. The first-order valence-electron chi connectivity index (χ1n) is 5.75. The van der Waals surface area contributed by atoms with Crippen LogP contribution in [0.2, 0.25) is 0 Å². The van der Waals surface area contributed by atoms with Crippen molar-refractivity contribution in [3.8, 4) is 5.88 Å². The predicted molar refractivity (Wildman–Crippen MR) is 65.3 cm³/mol. The van der Waals surface area contributed by atoms with Crippen molar-refractivity contribution in [3.63, 3.8) is 0 Å². The minimum absolute atomic E-state index is 0.702. The topological polar surface area (TPSA) is 34.5 Å². The fourth-order valence-corrected chi connectivity index (χ4v) is 1.99.